The van der Waals surface area contributed by atoms with Crippen LogP contribution >= 0.6 is 34.8 Å². The topological polar surface area (TPSA) is 71.6 Å². The molecular formula is C22H24IN3O3S. The van der Waals surface area contributed by atoms with E-state index in [2.05, 4.69) is 38.5 Å². The van der Waals surface area contributed by atoms with Gasteiger partial charge in [-0.2, -0.15) is 0 Å². The fraction of sp³-hybridized carbons (Fsp3) is 0.273. The van der Waals surface area contributed by atoms with Crippen LogP contribution in [-0.4, -0.2) is 24.7 Å². The Hall–Kier alpha value is -2.33. The van der Waals surface area contributed by atoms with Gasteiger partial charge in [-0.15, -0.1) is 0 Å². The van der Waals surface area contributed by atoms with Crippen LogP contribution in [0.1, 0.15) is 31.0 Å². The summed E-state index contributed by atoms with van der Waals surface area (Å²) in [6.45, 7) is 6.31. The molecule has 0 spiro atoms. The number of rotatable bonds is 6. The van der Waals surface area contributed by atoms with E-state index in [1.807, 2.05) is 57.2 Å². The van der Waals surface area contributed by atoms with Gasteiger partial charge in [0.15, 0.2) is 16.6 Å². The Morgan fingerprint density at radius 3 is 2.57 bits per heavy atom. The number of nitrogens with one attached hydrogen (secondary N) is 3. The number of allylic oxidation sites excluding steroid dienone is 1. The predicted molar refractivity (Wildman–Crippen MR) is 131 cm³/mol. The molecule has 1 atom stereocenters. The summed E-state index contributed by atoms with van der Waals surface area (Å²) in [6, 6.07) is 11.1. The maximum atomic E-state index is 13.2. The summed E-state index contributed by atoms with van der Waals surface area (Å²) < 4.78 is 12.2. The molecule has 1 aliphatic rings. The van der Waals surface area contributed by atoms with E-state index in [0.717, 1.165) is 20.4 Å². The molecule has 3 N–H and O–H groups in total. The Morgan fingerprint density at radius 1 is 1.23 bits per heavy atom. The molecule has 1 heterocycles. The number of methoxy groups -OCH3 is 1. The summed E-state index contributed by atoms with van der Waals surface area (Å²) in [7, 11) is 1.60. The van der Waals surface area contributed by atoms with Crippen LogP contribution in [0.2, 0.25) is 0 Å². The van der Waals surface area contributed by atoms with Crippen molar-refractivity contribution in [3.05, 3.63) is 62.4 Å². The lowest BCUT2D eigenvalue weighted by Crippen LogP contribution is -2.45. The second-order valence-electron chi connectivity index (χ2n) is 6.86. The fourth-order valence-corrected chi connectivity index (χ4v) is 4.32. The van der Waals surface area contributed by atoms with Crippen LogP contribution in [0.5, 0.6) is 11.5 Å². The van der Waals surface area contributed by atoms with E-state index in [4.69, 9.17) is 21.7 Å². The molecule has 0 unspecified atom stereocenters. The number of anilines is 1. The molecule has 1 aliphatic heterocycles. The molecule has 0 aliphatic carbocycles. The van der Waals surface area contributed by atoms with Gasteiger partial charge in [0.1, 0.15) is 0 Å². The lowest BCUT2D eigenvalue weighted by Gasteiger charge is -2.31. The maximum Gasteiger partial charge on any atom is 0.255 e. The van der Waals surface area contributed by atoms with Crippen LogP contribution in [0, 0.1) is 10.5 Å². The van der Waals surface area contributed by atoms with Gasteiger partial charge in [-0.1, -0.05) is 17.7 Å². The minimum absolute atomic E-state index is 0.202. The molecule has 30 heavy (non-hydrogen) atoms. The summed E-state index contributed by atoms with van der Waals surface area (Å²) in [5.41, 5.74) is 3.99. The number of carbonyl (C=O) groups excluding carboxylic acids is 1. The SMILES string of the molecule is CCOc1c(I)cc([C@H]2NC(=S)NC(C)=C2C(=O)Nc2ccc(C)cc2)cc1OC. The van der Waals surface area contributed by atoms with Crippen molar-refractivity contribution in [3.63, 3.8) is 0 Å². The molecule has 158 valence electrons. The molecular weight excluding hydrogens is 513 g/mol. The van der Waals surface area contributed by atoms with Crippen molar-refractivity contribution >= 4 is 51.5 Å². The number of aryl methyl sites for hydroxylation is 1. The number of halogens is 1. The number of ether oxygens (including phenoxy) is 2. The normalized spacial score (nSPS) is 15.9. The average molecular weight is 537 g/mol. The van der Waals surface area contributed by atoms with E-state index >= 15 is 0 Å². The Balaban J connectivity index is 2.00. The summed E-state index contributed by atoms with van der Waals surface area (Å²) in [4.78, 5) is 13.2. The van der Waals surface area contributed by atoms with Crippen LogP contribution in [0.3, 0.4) is 0 Å². The van der Waals surface area contributed by atoms with E-state index in [1.54, 1.807) is 7.11 Å². The highest BCUT2D eigenvalue weighted by molar-refractivity contribution is 14.1. The first kappa shape index (κ1) is 22.4. The lowest BCUT2D eigenvalue weighted by molar-refractivity contribution is -0.113. The quantitative estimate of drug-likeness (QED) is 0.374. The van der Waals surface area contributed by atoms with Gasteiger partial charge in [-0.3, -0.25) is 4.79 Å². The monoisotopic (exact) mass is 537 g/mol. The van der Waals surface area contributed by atoms with E-state index in [-0.39, 0.29) is 5.91 Å². The largest absolute Gasteiger partial charge is 0.493 e. The second kappa shape index (κ2) is 9.65. The third-order valence-corrected chi connectivity index (χ3v) is 5.72. The van der Waals surface area contributed by atoms with Gasteiger partial charge in [0.2, 0.25) is 0 Å². The Bertz CT molecular complexity index is 1010. The number of thiocarbonyl (C=S) groups is 1. The zero-order chi connectivity index (χ0) is 21.8. The third kappa shape index (κ3) is 4.86. The molecule has 8 heteroatoms. The lowest BCUT2D eigenvalue weighted by atomic mass is 9.94. The summed E-state index contributed by atoms with van der Waals surface area (Å²) in [5, 5.41) is 9.73. The molecule has 0 bridgehead atoms. The average Bonchev–Trinajstić information content (AvgIpc) is 2.70. The zero-order valence-electron chi connectivity index (χ0n) is 17.3. The highest BCUT2D eigenvalue weighted by Crippen LogP contribution is 2.38. The highest BCUT2D eigenvalue weighted by atomic mass is 127. The minimum Gasteiger partial charge on any atom is -0.493 e. The number of benzene rings is 2. The first-order chi connectivity index (χ1) is 14.3. The van der Waals surface area contributed by atoms with Gasteiger partial charge in [0.25, 0.3) is 5.91 Å². The van der Waals surface area contributed by atoms with Crippen LogP contribution in [0.25, 0.3) is 0 Å². The first-order valence-electron chi connectivity index (χ1n) is 9.50. The van der Waals surface area contributed by atoms with Crippen molar-refractivity contribution in [2.45, 2.75) is 26.8 Å². The molecule has 0 radical (unpaired) electrons. The van der Waals surface area contributed by atoms with Gasteiger partial charge in [-0.25, -0.2) is 0 Å². The van der Waals surface area contributed by atoms with Crippen molar-refractivity contribution in [2.75, 3.05) is 19.0 Å². The first-order valence-corrected chi connectivity index (χ1v) is 11.0. The molecule has 0 aromatic heterocycles. The molecule has 0 saturated carbocycles. The van der Waals surface area contributed by atoms with Gasteiger partial charge in [-0.05, 0) is 85.4 Å². The number of carbonyl (C=O) groups is 1. The van der Waals surface area contributed by atoms with E-state index < -0.39 is 6.04 Å². The standard InChI is InChI=1S/C22H24IN3O3S/c1-5-29-20-16(23)10-14(11-17(20)28-4)19-18(13(3)24-22(30)26-19)21(27)25-15-8-6-12(2)7-9-15/h6-11,19H,5H2,1-4H3,(H,25,27)(H2,24,26,30)/t19-/m1/s1. The molecule has 6 nitrogen and oxygen atoms in total. The smallest absolute Gasteiger partial charge is 0.255 e. The highest BCUT2D eigenvalue weighted by Gasteiger charge is 2.31. The van der Waals surface area contributed by atoms with Crippen molar-refractivity contribution in [3.8, 4) is 11.5 Å². The van der Waals surface area contributed by atoms with E-state index in [1.165, 1.54) is 0 Å². The molecule has 2 aromatic carbocycles. The molecule has 0 saturated heterocycles. The second-order valence-corrected chi connectivity index (χ2v) is 8.43. The molecule has 2 aromatic rings. The Kier molecular flexibility index (Phi) is 7.19. The van der Waals surface area contributed by atoms with E-state index in [9.17, 15) is 4.79 Å². The zero-order valence-corrected chi connectivity index (χ0v) is 20.2. The Labute approximate surface area is 195 Å². The summed E-state index contributed by atoms with van der Waals surface area (Å²) in [5.74, 6) is 1.10. The van der Waals surface area contributed by atoms with Gasteiger partial charge in [0, 0.05) is 11.4 Å². The molecule has 3 rings (SSSR count). The fourth-order valence-electron chi connectivity index (χ4n) is 3.27. The predicted octanol–water partition coefficient (Wildman–Crippen LogP) is 4.44. The van der Waals surface area contributed by atoms with Crippen molar-refractivity contribution < 1.29 is 14.3 Å². The number of hydrogen-bond acceptors (Lipinski definition) is 4. The van der Waals surface area contributed by atoms with Crippen molar-refractivity contribution in [2.24, 2.45) is 0 Å². The Morgan fingerprint density at radius 2 is 1.93 bits per heavy atom. The van der Waals surface area contributed by atoms with Crippen LogP contribution < -0.4 is 25.4 Å². The van der Waals surface area contributed by atoms with Gasteiger partial charge in [0.05, 0.1) is 28.9 Å². The van der Waals surface area contributed by atoms with E-state index in [0.29, 0.717) is 34.5 Å². The van der Waals surface area contributed by atoms with Crippen molar-refractivity contribution in [1.29, 1.82) is 0 Å². The van der Waals surface area contributed by atoms with Crippen molar-refractivity contribution in [1.82, 2.24) is 10.6 Å². The minimum atomic E-state index is -0.428. The number of hydrogen-bond donors (Lipinski definition) is 3. The number of amides is 1. The van der Waals surface area contributed by atoms with Crippen LogP contribution in [0.15, 0.2) is 47.7 Å². The maximum absolute atomic E-state index is 13.2. The summed E-state index contributed by atoms with van der Waals surface area (Å²) >= 11 is 7.57. The van der Waals surface area contributed by atoms with Gasteiger partial charge >= 0.3 is 0 Å². The van der Waals surface area contributed by atoms with Gasteiger partial charge < -0.3 is 25.4 Å². The van der Waals surface area contributed by atoms with Crippen LogP contribution in [-0.2, 0) is 4.79 Å². The summed E-state index contributed by atoms with van der Waals surface area (Å²) in [6.07, 6.45) is 0. The van der Waals surface area contributed by atoms with Crippen LogP contribution in [0.4, 0.5) is 5.69 Å². The molecule has 1 amide bonds. The molecule has 0 fully saturated rings. The third-order valence-electron chi connectivity index (χ3n) is 4.70.